The molecule has 158 valence electrons. The molecule has 0 unspecified atom stereocenters. The lowest BCUT2D eigenvalue weighted by Gasteiger charge is -2.31. The predicted octanol–water partition coefficient (Wildman–Crippen LogP) is -2.28. The van der Waals surface area contributed by atoms with Gasteiger partial charge in [0, 0.05) is 6.07 Å². The maximum Gasteiger partial charge on any atom is 0.231 e. The van der Waals surface area contributed by atoms with Gasteiger partial charge in [-0.1, -0.05) is 0 Å². The average Bonchev–Trinajstić information content (AvgIpc) is 3.14. The van der Waals surface area contributed by atoms with Gasteiger partial charge < -0.3 is 39.0 Å². The number of fused-ring (bicyclic) bond motifs is 1. The highest BCUT2D eigenvalue weighted by atomic mass is 16.7. The molecule has 1 aromatic carbocycles. The zero-order chi connectivity index (χ0) is 19.9. The van der Waals surface area contributed by atoms with Crippen LogP contribution in [-0.4, -0.2) is 87.8 Å². The van der Waals surface area contributed by atoms with Gasteiger partial charge >= 0.3 is 0 Å². The zero-order valence-corrected chi connectivity index (χ0v) is 16.9. The van der Waals surface area contributed by atoms with Crippen LogP contribution in [0.5, 0.6) is 17.2 Å². The lowest BCUT2D eigenvalue weighted by atomic mass is 10.2. The van der Waals surface area contributed by atoms with E-state index in [1.807, 2.05) is 26.0 Å². The summed E-state index contributed by atoms with van der Waals surface area (Å²) in [5.74, 6) is 2.07. The Bertz CT molecular complexity index is 606. The first-order valence-electron chi connectivity index (χ1n) is 10.2. The van der Waals surface area contributed by atoms with Crippen molar-refractivity contribution in [3.63, 3.8) is 0 Å². The van der Waals surface area contributed by atoms with Crippen molar-refractivity contribution in [1.29, 1.82) is 0 Å². The van der Waals surface area contributed by atoms with Crippen molar-refractivity contribution in [3.05, 3.63) is 18.2 Å². The Morgan fingerprint density at radius 3 is 2.18 bits per heavy atom. The Labute approximate surface area is 166 Å². The minimum Gasteiger partial charge on any atom is -0.491 e. The fraction of sp³-hybridized carbons (Fsp3) is 0.700. The van der Waals surface area contributed by atoms with Crippen LogP contribution in [-0.2, 0) is 4.74 Å². The summed E-state index contributed by atoms with van der Waals surface area (Å²) < 4.78 is 21.8. The molecule has 1 saturated heterocycles. The predicted molar refractivity (Wildman–Crippen MR) is 102 cm³/mol. The maximum absolute atomic E-state index is 10.3. The van der Waals surface area contributed by atoms with Crippen molar-refractivity contribution in [2.24, 2.45) is 0 Å². The minimum atomic E-state index is -0.521. The van der Waals surface area contributed by atoms with E-state index >= 15 is 0 Å². The molecule has 0 bridgehead atoms. The highest BCUT2D eigenvalue weighted by Crippen LogP contribution is 2.35. The third kappa shape index (κ3) is 6.49. The first-order chi connectivity index (χ1) is 13.5. The number of piperazine rings is 1. The molecule has 0 aromatic heterocycles. The van der Waals surface area contributed by atoms with Crippen molar-refractivity contribution < 1.29 is 39.0 Å². The van der Waals surface area contributed by atoms with Crippen LogP contribution in [0, 0.1) is 0 Å². The Morgan fingerprint density at radius 2 is 1.54 bits per heavy atom. The van der Waals surface area contributed by atoms with Gasteiger partial charge in [0.15, 0.2) is 11.5 Å². The van der Waals surface area contributed by atoms with Gasteiger partial charge in [0.2, 0.25) is 6.79 Å². The Balaban J connectivity index is 1.32. The van der Waals surface area contributed by atoms with Crippen molar-refractivity contribution in [2.45, 2.75) is 32.2 Å². The lowest BCUT2D eigenvalue weighted by Crippen LogP contribution is -3.29. The number of aliphatic hydroxyl groups excluding tert-OH is 2. The molecule has 0 aliphatic carbocycles. The van der Waals surface area contributed by atoms with Crippen LogP contribution in [0.3, 0.4) is 0 Å². The summed E-state index contributed by atoms with van der Waals surface area (Å²) in [6, 6.07) is 5.43. The number of quaternary nitrogens is 2. The summed E-state index contributed by atoms with van der Waals surface area (Å²) in [6.45, 7) is 10.2. The summed E-state index contributed by atoms with van der Waals surface area (Å²) in [5, 5.41) is 20.4. The van der Waals surface area contributed by atoms with Crippen molar-refractivity contribution in [1.82, 2.24) is 0 Å². The van der Waals surface area contributed by atoms with Crippen LogP contribution in [0.15, 0.2) is 18.2 Å². The second-order valence-electron chi connectivity index (χ2n) is 7.92. The van der Waals surface area contributed by atoms with Gasteiger partial charge in [-0.25, -0.2) is 0 Å². The van der Waals surface area contributed by atoms with Crippen LogP contribution in [0.4, 0.5) is 0 Å². The van der Waals surface area contributed by atoms with Crippen LogP contribution in [0.25, 0.3) is 0 Å². The minimum absolute atomic E-state index is 0.146. The number of hydrogen-bond acceptors (Lipinski definition) is 6. The first-order valence-corrected chi connectivity index (χ1v) is 10.2. The topological polar surface area (TPSA) is 86.3 Å². The van der Waals surface area contributed by atoms with Crippen LogP contribution >= 0.6 is 0 Å². The number of nitrogens with one attached hydrogen (secondary N) is 2. The number of ether oxygens (including phenoxy) is 4. The SMILES string of the molecule is CC(C)OC[C@H](O)C[NH+]1CC[NH+](C[C@H](O)COc2ccc3c(c2)OCO3)CC1. The standard InChI is InChI=1S/C20H32N2O6/c1-15(2)25-12-16(23)10-21-5-7-22(8-6-21)11-17(24)13-26-18-3-4-19-20(9-18)28-14-27-19/h3-4,9,15-17,23-24H,5-8,10-14H2,1-2H3/p+2/t16-,17+/m1/s1. The Kier molecular flexibility index (Phi) is 7.75. The molecule has 0 amide bonds. The smallest absolute Gasteiger partial charge is 0.231 e. The molecule has 2 aliphatic heterocycles. The third-order valence-corrected chi connectivity index (χ3v) is 5.12. The molecule has 0 radical (unpaired) electrons. The molecule has 2 heterocycles. The van der Waals surface area contributed by atoms with Crippen LogP contribution in [0.2, 0.25) is 0 Å². The second-order valence-corrected chi connectivity index (χ2v) is 7.92. The molecule has 8 nitrogen and oxygen atoms in total. The van der Waals surface area contributed by atoms with Gasteiger partial charge in [-0.05, 0) is 26.0 Å². The largest absolute Gasteiger partial charge is 0.491 e. The van der Waals surface area contributed by atoms with E-state index in [-0.39, 0.29) is 19.5 Å². The van der Waals surface area contributed by atoms with E-state index in [0.717, 1.165) is 38.5 Å². The van der Waals surface area contributed by atoms with E-state index in [1.54, 1.807) is 6.07 Å². The fourth-order valence-corrected chi connectivity index (χ4v) is 3.61. The highest BCUT2D eigenvalue weighted by Gasteiger charge is 2.27. The van der Waals surface area contributed by atoms with Gasteiger partial charge in [-0.15, -0.1) is 0 Å². The number of hydrogen-bond donors (Lipinski definition) is 4. The van der Waals surface area contributed by atoms with Crippen molar-refractivity contribution >= 4 is 0 Å². The molecular formula is C20H34N2O6+2. The summed E-state index contributed by atoms with van der Waals surface area (Å²) in [6.07, 6.45) is -0.793. The average molecular weight is 399 g/mol. The number of benzene rings is 1. The quantitative estimate of drug-likeness (QED) is 0.356. The zero-order valence-electron chi connectivity index (χ0n) is 16.9. The van der Waals surface area contributed by atoms with Gasteiger partial charge in [-0.3, -0.25) is 0 Å². The van der Waals surface area contributed by atoms with Crippen molar-refractivity contribution in [3.8, 4) is 17.2 Å². The number of aliphatic hydroxyl groups is 2. The Morgan fingerprint density at radius 1 is 0.929 bits per heavy atom. The van der Waals surface area contributed by atoms with E-state index in [9.17, 15) is 10.2 Å². The monoisotopic (exact) mass is 398 g/mol. The summed E-state index contributed by atoms with van der Waals surface area (Å²) >= 11 is 0. The lowest BCUT2D eigenvalue weighted by molar-refractivity contribution is -1.01. The van der Waals surface area contributed by atoms with Gasteiger partial charge in [0.25, 0.3) is 0 Å². The van der Waals surface area contributed by atoms with Crippen LogP contribution in [0.1, 0.15) is 13.8 Å². The first kappa shape index (κ1) is 21.1. The van der Waals surface area contributed by atoms with E-state index in [1.165, 1.54) is 9.80 Å². The van der Waals surface area contributed by atoms with Gasteiger partial charge in [0.05, 0.1) is 12.7 Å². The molecule has 28 heavy (non-hydrogen) atoms. The second kappa shape index (κ2) is 10.3. The Hall–Kier alpha value is -1.58. The van der Waals surface area contributed by atoms with Crippen LogP contribution < -0.4 is 24.0 Å². The molecule has 0 spiro atoms. The van der Waals surface area contributed by atoms with E-state index in [0.29, 0.717) is 24.7 Å². The molecule has 4 N–H and O–H groups in total. The summed E-state index contributed by atoms with van der Waals surface area (Å²) in [4.78, 5) is 2.77. The van der Waals surface area contributed by atoms with E-state index in [4.69, 9.17) is 18.9 Å². The van der Waals surface area contributed by atoms with Gasteiger partial charge in [0.1, 0.15) is 63.8 Å². The molecular weight excluding hydrogens is 364 g/mol. The van der Waals surface area contributed by atoms with Crippen molar-refractivity contribution in [2.75, 3.05) is 59.3 Å². The molecule has 1 fully saturated rings. The normalized spacial score (nSPS) is 23.6. The molecule has 8 heteroatoms. The molecule has 3 rings (SSSR count). The molecule has 2 aliphatic rings. The summed E-state index contributed by atoms with van der Waals surface area (Å²) in [7, 11) is 0. The highest BCUT2D eigenvalue weighted by molar-refractivity contribution is 5.46. The fourth-order valence-electron chi connectivity index (χ4n) is 3.61. The summed E-state index contributed by atoms with van der Waals surface area (Å²) in [5.41, 5.74) is 0. The maximum atomic E-state index is 10.3. The third-order valence-electron chi connectivity index (χ3n) is 5.12. The van der Waals surface area contributed by atoms with E-state index in [2.05, 4.69) is 0 Å². The number of rotatable bonds is 10. The molecule has 1 aromatic rings. The van der Waals surface area contributed by atoms with E-state index < -0.39 is 12.2 Å². The molecule has 2 atom stereocenters. The molecule has 0 saturated carbocycles. The van der Waals surface area contributed by atoms with Gasteiger partial charge in [-0.2, -0.15) is 0 Å².